The molecule has 0 aliphatic heterocycles. The summed E-state index contributed by atoms with van der Waals surface area (Å²) in [5, 5.41) is 2.29. The summed E-state index contributed by atoms with van der Waals surface area (Å²) in [7, 11) is 0. The van der Waals surface area contributed by atoms with Gasteiger partial charge in [0.05, 0.1) is 11.0 Å². The Labute approximate surface area is 116 Å². The van der Waals surface area contributed by atoms with Gasteiger partial charge in [0.15, 0.2) is 5.82 Å². The quantitative estimate of drug-likeness (QED) is 0.559. The number of hydrogen-bond donors (Lipinski definition) is 1. The number of hydrogen-bond acceptors (Lipinski definition) is 2. The highest BCUT2D eigenvalue weighted by Gasteiger charge is 2.09. The van der Waals surface area contributed by atoms with Gasteiger partial charge in [0, 0.05) is 11.6 Å². The standard InChI is InChI=1S/C17H13N3/c1-11-6-7-14-15(10-11)20-17(19-14)16-13-5-3-2-4-12(13)8-9-18-16/h2-10H,1H3,(H,19,20). The molecule has 2 aromatic heterocycles. The summed E-state index contributed by atoms with van der Waals surface area (Å²) in [6, 6.07) is 16.5. The van der Waals surface area contributed by atoms with E-state index in [4.69, 9.17) is 0 Å². The lowest BCUT2D eigenvalue weighted by molar-refractivity contribution is 1.26. The van der Waals surface area contributed by atoms with Crippen LogP contribution in [0.1, 0.15) is 5.56 Å². The minimum Gasteiger partial charge on any atom is -0.337 e. The number of pyridine rings is 1. The van der Waals surface area contributed by atoms with Gasteiger partial charge in [0.25, 0.3) is 0 Å². The predicted molar refractivity (Wildman–Crippen MR) is 81.6 cm³/mol. The predicted octanol–water partition coefficient (Wildman–Crippen LogP) is 4.09. The molecule has 0 saturated carbocycles. The van der Waals surface area contributed by atoms with E-state index in [2.05, 4.69) is 46.1 Å². The van der Waals surface area contributed by atoms with Crippen LogP contribution < -0.4 is 0 Å². The second kappa shape index (κ2) is 4.17. The van der Waals surface area contributed by atoms with E-state index < -0.39 is 0 Å². The first-order chi connectivity index (χ1) is 9.81. The van der Waals surface area contributed by atoms with Crippen LogP contribution in [0.4, 0.5) is 0 Å². The van der Waals surface area contributed by atoms with Crippen LogP contribution in [0, 0.1) is 6.92 Å². The van der Waals surface area contributed by atoms with Crippen molar-refractivity contribution in [1.82, 2.24) is 15.0 Å². The maximum absolute atomic E-state index is 4.66. The molecule has 0 saturated heterocycles. The van der Waals surface area contributed by atoms with Crippen LogP contribution in [0.25, 0.3) is 33.3 Å². The van der Waals surface area contributed by atoms with E-state index in [-0.39, 0.29) is 0 Å². The third-order valence-corrected chi connectivity index (χ3v) is 3.54. The maximum Gasteiger partial charge on any atom is 0.157 e. The van der Waals surface area contributed by atoms with Gasteiger partial charge in [-0.15, -0.1) is 0 Å². The number of fused-ring (bicyclic) bond motifs is 2. The summed E-state index contributed by atoms with van der Waals surface area (Å²) < 4.78 is 0. The average Bonchev–Trinajstić information content (AvgIpc) is 2.89. The number of benzene rings is 2. The maximum atomic E-state index is 4.66. The number of aromatic nitrogens is 3. The van der Waals surface area contributed by atoms with Gasteiger partial charge in [-0.1, -0.05) is 30.3 Å². The van der Waals surface area contributed by atoms with Crippen LogP contribution in [0.2, 0.25) is 0 Å². The Morgan fingerprint density at radius 2 is 1.90 bits per heavy atom. The van der Waals surface area contributed by atoms with Crippen molar-refractivity contribution in [3.8, 4) is 11.5 Å². The number of imidazole rings is 1. The molecule has 4 aromatic rings. The molecule has 0 spiro atoms. The van der Waals surface area contributed by atoms with Crippen LogP contribution >= 0.6 is 0 Å². The first-order valence-corrected chi connectivity index (χ1v) is 6.62. The largest absolute Gasteiger partial charge is 0.337 e. The number of H-pyrrole nitrogens is 1. The number of aryl methyl sites for hydroxylation is 1. The number of aromatic amines is 1. The number of nitrogens with one attached hydrogen (secondary N) is 1. The molecule has 96 valence electrons. The number of nitrogens with zero attached hydrogens (tertiary/aromatic N) is 2. The minimum atomic E-state index is 0.822. The van der Waals surface area contributed by atoms with E-state index in [1.807, 2.05) is 30.5 Å². The molecular weight excluding hydrogens is 246 g/mol. The van der Waals surface area contributed by atoms with Crippen molar-refractivity contribution < 1.29 is 0 Å². The molecule has 2 heterocycles. The Balaban J connectivity index is 2.01. The van der Waals surface area contributed by atoms with Gasteiger partial charge in [0.2, 0.25) is 0 Å². The lowest BCUT2D eigenvalue weighted by atomic mass is 10.1. The summed E-state index contributed by atoms with van der Waals surface area (Å²) in [5.74, 6) is 0.822. The monoisotopic (exact) mass is 259 g/mol. The van der Waals surface area contributed by atoms with Gasteiger partial charge >= 0.3 is 0 Å². The first kappa shape index (κ1) is 11.2. The molecule has 0 aliphatic rings. The van der Waals surface area contributed by atoms with Crippen molar-refractivity contribution in [2.45, 2.75) is 6.92 Å². The Hall–Kier alpha value is -2.68. The van der Waals surface area contributed by atoms with Gasteiger partial charge in [-0.2, -0.15) is 0 Å². The fraction of sp³-hybridized carbons (Fsp3) is 0.0588. The summed E-state index contributed by atoms with van der Waals surface area (Å²) in [4.78, 5) is 12.5. The molecule has 0 fully saturated rings. The highest BCUT2D eigenvalue weighted by atomic mass is 14.9. The van der Waals surface area contributed by atoms with Crippen LogP contribution in [0.15, 0.2) is 54.7 Å². The number of rotatable bonds is 1. The van der Waals surface area contributed by atoms with E-state index in [9.17, 15) is 0 Å². The molecule has 0 aliphatic carbocycles. The molecule has 2 aromatic carbocycles. The second-order valence-electron chi connectivity index (χ2n) is 4.99. The zero-order valence-corrected chi connectivity index (χ0v) is 11.1. The molecule has 0 bridgehead atoms. The molecular formula is C17H13N3. The fourth-order valence-corrected chi connectivity index (χ4v) is 2.54. The Morgan fingerprint density at radius 3 is 2.85 bits per heavy atom. The molecule has 20 heavy (non-hydrogen) atoms. The minimum absolute atomic E-state index is 0.822. The zero-order valence-electron chi connectivity index (χ0n) is 11.1. The van der Waals surface area contributed by atoms with E-state index in [0.717, 1.165) is 27.9 Å². The van der Waals surface area contributed by atoms with Gasteiger partial charge in [-0.3, -0.25) is 4.98 Å². The molecule has 0 amide bonds. The van der Waals surface area contributed by atoms with E-state index in [1.165, 1.54) is 10.9 Å². The lowest BCUT2D eigenvalue weighted by Crippen LogP contribution is -1.87. The van der Waals surface area contributed by atoms with Crippen molar-refractivity contribution in [3.05, 3.63) is 60.3 Å². The van der Waals surface area contributed by atoms with Gasteiger partial charge < -0.3 is 4.98 Å². The molecule has 4 rings (SSSR count). The van der Waals surface area contributed by atoms with Gasteiger partial charge in [0.1, 0.15) is 5.69 Å². The van der Waals surface area contributed by atoms with Crippen molar-refractivity contribution in [2.75, 3.05) is 0 Å². The third kappa shape index (κ3) is 1.67. The Bertz CT molecular complexity index is 916. The van der Waals surface area contributed by atoms with Crippen LogP contribution in [-0.4, -0.2) is 15.0 Å². The van der Waals surface area contributed by atoms with Crippen molar-refractivity contribution in [1.29, 1.82) is 0 Å². The summed E-state index contributed by atoms with van der Waals surface area (Å²) in [5.41, 5.74) is 4.14. The zero-order chi connectivity index (χ0) is 13.5. The second-order valence-corrected chi connectivity index (χ2v) is 4.99. The Morgan fingerprint density at radius 1 is 1.00 bits per heavy atom. The summed E-state index contributed by atoms with van der Waals surface area (Å²) >= 11 is 0. The lowest BCUT2D eigenvalue weighted by Gasteiger charge is -2.01. The molecule has 3 nitrogen and oxygen atoms in total. The molecule has 0 atom stereocenters. The van der Waals surface area contributed by atoms with E-state index in [1.54, 1.807) is 0 Å². The molecule has 3 heteroatoms. The molecule has 0 unspecified atom stereocenters. The van der Waals surface area contributed by atoms with Gasteiger partial charge in [-0.05, 0) is 36.1 Å². The topological polar surface area (TPSA) is 41.6 Å². The summed E-state index contributed by atoms with van der Waals surface area (Å²) in [6.45, 7) is 2.08. The van der Waals surface area contributed by atoms with Crippen LogP contribution in [-0.2, 0) is 0 Å². The molecule has 0 radical (unpaired) electrons. The van der Waals surface area contributed by atoms with Gasteiger partial charge in [-0.25, -0.2) is 4.98 Å². The fourth-order valence-electron chi connectivity index (χ4n) is 2.54. The van der Waals surface area contributed by atoms with Crippen molar-refractivity contribution >= 4 is 21.8 Å². The summed E-state index contributed by atoms with van der Waals surface area (Å²) in [6.07, 6.45) is 1.83. The highest BCUT2D eigenvalue weighted by molar-refractivity contribution is 5.94. The first-order valence-electron chi connectivity index (χ1n) is 6.62. The van der Waals surface area contributed by atoms with E-state index in [0.29, 0.717) is 0 Å². The van der Waals surface area contributed by atoms with Crippen LogP contribution in [0.5, 0.6) is 0 Å². The molecule has 1 N–H and O–H groups in total. The smallest absolute Gasteiger partial charge is 0.157 e. The third-order valence-electron chi connectivity index (χ3n) is 3.54. The highest BCUT2D eigenvalue weighted by Crippen LogP contribution is 2.26. The Kier molecular flexibility index (Phi) is 2.33. The van der Waals surface area contributed by atoms with Crippen LogP contribution in [0.3, 0.4) is 0 Å². The normalized spacial score (nSPS) is 11.2. The van der Waals surface area contributed by atoms with Crippen molar-refractivity contribution in [2.24, 2.45) is 0 Å². The SMILES string of the molecule is Cc1ccc2nc(-c3nccc4ccccc34)[nH]c2c1. The van der Waals surface area contributed by atoms with Crippen molar-refractivity contribution in [3.63, 3.8) is 0 Å². The average molecular weight is 259 g/mol. The van der Waals surface area contributed by atoms with E-state index >= 15 is 0 Å².